The standard InChI is InChI=1S/C24H27FN2O3/c25-20-8-6-7-19(17-20)11-12-22(28)26-15-16-30-24(18-26)13-4-5-14-27(23(24)29)21-9-2-1-3-10-21/h1-3,6-10,17H,4-5,11-16,18H2. The van der Waals surface area contributed by atoms with Crippen LogP contribution in [0.25, 0.3) is 0 Å². The average Bonchev–Trinajstić information content (AvgIpc) is 2.92. The Hall–Kier alpha value is -2.73. The molecule has 1 spiro atoms. The first kappa shape index (κ1) is 20.5. The van der Waals surface area contributed by atoms with Crippen molar-refractivity contribution in [2.75, 3.05) is 31.1 Å². The molecular weight excluding hydrogens is 383 g/mol. The summed E-state index contributed by atoms with van der Waals surface area (Å²) in [6, 6.07) is 16.0. The molecule has 2 saturated heterocycles. The molecule has 6 heteroatoms. The van der Waals surface area contributed by atoms with Gasteiger partial charge in [-0.1, -0.05) is 30.3 Å². The number of aryl methyl sites for hydroxylation is 1. The monoisotopic (exact) mass is 410 g/mol. The van der Waals surface area contributed by atoms with Gasteiger partial charge in [0.25, 0.3) is 5.91 Å². The highest BCUT2D eigenvalue weighted by atomic mass is 19.1. The number of nitrogens with zero attached hydrogens (tertiary/aromatic N) is 2. The van der Waals surface area contributed by atoms with E-state index in [0.29, 0.717) is 32.5 Å². The lowest BCUT2D eigenvalue weighted by molar-refractivity contribution is -0.164. The largest absolute Gasteiger partial charge is 0.361 e. The third-order valence-corrected chi connectivity index (χ3v) is 5.97. The van der Waals surface area contributed by atoms with Crippen LogP contribution in [0.2, 0.25) is 0 Å². The number of halogens is 1. The summed E-state index contributed by atoms with van der Waals surface area (Å²) in [5.74, 6) is -0.380. The van der Waals surface area contributed by atoms with Crippen LogP contribution in [0, 0.1) is 5.82 Å². The van der Waals surface area contributed by atoms with Gasteiger partial charge in [0, 0.05) is 25.2 Å². The lowest BCUT2D eigenvalue weighted by atomic mass is 9.93. The molecule has 5 nitrogen and oxygen atoms in total. The van der Waals surface area contributed by atoms with E-state index in [1.807, 2.05) is 36.4 Å². The minimum Gasteiger partial charge on any atom is -0.361 e. The predicted molar refractivity (Wildman–Crippen MR) is 113 cm³/mol. The molecule has 2 amide bonds. The molecule has 0 saturated carbocycles. The van der Waals surface area contributed by atoms with E-state index in [1.54, 1.807) is 15.9 Å². The van der Waals surface area contributed by atoms with Crippen molar-refractivity contribution in [2.45, 2.75) is 37.7 Å². The number of benzene rings is 2. The smallest absolute Gasteiger partial charge is 0.261 e. The molecule has 2 aromatic rings. The number of rotatable bonds is 4. The third kappa shape index (κ3) is 4.38. The number of hydrogen-bond donors (Lipinski definition) is 0. The molecule has 1 unspecified atom stereocenters. The molecule has 2 fully saturated rings. The fourth-order valence-corrected chi connectivity index (χ4v) is 4.37. The number of para-hydroxylation sites is 1. The molecule has 0 N–H and O–H groups in total. The third-order valence-electron chi connectivity index (χ3n) is 5.97. The van der Waals surface area contributed by atoms with Crippen LogP contribution < -0.4 is 4.90 Å². The van der Waals surface area contributed by atoms with Crippen LogP contribution >= 0.6 is 0 Å². The summed E-state index contributed by atoms with van der Waals surface area (Å²) in [7, 11) is 0. The second kappa shape index (κ2) is 8.96. The van der Waals surface area contributed by atoms with Crippen molar-refractivity contribution in [3.63, 3.8) is 0 Å². The molecule has 158 valence electrons. The van der Waals surface area contributed by atoms with Gasteiger partial charge >= 0.3 is 0 Å². The minimum atomic E-state index is -0.987. The zero-order valence-electron chi connectivity index (χ0n) is 17.1. The highest BCUT2D eigenvalue weighted by Crippen LogP contribution is 2.32. The van der Waals surface area contributed by atoms with Gasteiger partial charge < -0.3 is 14.5 Å². The Morgan fingerprint density at radius 3 is 2.70 bits per heavy atom. The van der Waals surface area contributed by atoms with Crippen LogP contribution in [0.1, 0.15) is 31.2 Å². The van der Waals surface area contributed by atoms with Gasteiger partial charge in [-0.2, -0.15) is 0 Å². The molecule has 2 aliphatic rings. The zero-order valence-corrected chi connectivity index (χ0v) is 17.1. The Morgan fingerprint density at radius 2 is 1.90 bits per heavy atom. The topological polar surface area (TPSA) is 49.9 Å². The summed E-state index contributed by atoms with van der Waals surface area (Å²) in [6.45, 7) is 1.75. The van der Waals surface area contributed by atoms with Crippen molar-refractivity contribution in [1.29, 1.82) is 0 Å². The summed E-state index contributed by atoms with van der Waals surface area (Å²) in [5.41, 5.74) is 0.674. The summed E-state index contributed by atoms with van der Waals surface area (Å²) in [6.07, 6.45) is 3.16. The maximum absolute atomic E-state index is 13.5. The van der Waals surface area contributed by atoms with Crippen molar-refractivity contribution in [3.05, 3.63) is 66.0 Å². The highest BCUT2D eigenvalue weighted by molar-refractivity contribution is 6.00. The van der Waals surface area contributed by atoms with Gasteiger partial charge in [-0.05, 0) is 55.5 Å². The van der Waals surface area contributed by atoms with Crippen LogP contribution in [-0.4, -0.2) is 48.6 Å². The Balaban J connectivity index is 1.47. The number of ether oxygens (including phenoxy) is 1. The SMILES string of the molecule is O=C(CCc1cccc(F)c1)N1CCOC2(CCCCN(c3ccccc3)C2=O)C1. The van der Waals surface area contributed by atoms with Gasteiger partial charge in [-0.25, -0.2) is 4.39 Å². The van der Waals surface area contributed by atoms with Gasteiger partial charge in [-0.3, -0.25) is 9.59 Å². The quantitative estimate of drug-likeness (QED) is 0.774. The molecule has 2 aliphatic heterocycles. The second-order valence-electron chi connectivity index (χ2n) is 8.04. The van der Waals surface area contributed by atoms with Crippen LogP contribution in [0.3, 0.4) is 0 Å². The van der Waals surface area contributed by atoms with Crippen LogP contribution in [0.4, 0.5) is 10.1 Å². The van der Waals surface area contributed by atoms with E-state index in [9.17, 15) is 14.0 Å². The summed E-state index contributed by atoms with van der Waals surface area (Å²) in [5, 5.41) is 0. The first-order valence-electron chi connectivity index (χ1n) is 10.6. The Bertz CT molecular complexity index is 904. The lowest BCUT2D eigenvalue weighted by Gasteiger charge is -2.42. The number of carbonyl (C=O) groups is 2. The van der Waals surface area contributed by atoms with Crippen LogP contribution in [0.15, 0.2) is 54.6 Å². The number of hydrogen-bond acceptors (Lipinski definition) is 3. The Kier molecular flexibility index (Phi) is 6.13. The number of carbonyl (C=O) groups excluding carboxylic acids is 2. The van der Waals surface area contributed by atoms with Gasteiger partial charge in [0.1, 0.15) is 5.82 Å². The molecule has 0 aromatic heterocycles. The maximum atomic E-state index is 13.5. The minimum absolute atomic E-state index is 0.0229. The molecule has 0 radical (unpaired) electrons. The molecular formula is C24H27FN2O3. The van der Waals surface area contributed by atoms with Gasteiger partial charge in [-0.15, -0.1) is 0 Å². The molecule has 4 rings (SSSR count). The normalized spacial score (nSPS) is 22.2. The van der Waals surface area contributed by atoms with E-state index in [-0.39, 0.29) is 30.6 Å². The number of amides is 2. The van der Waals surface area contributed by atoms with Crippen molar-refractivity contribution in [2.24, 2.45) is 0 Å². The number of anilines is 1. The summed E-state index contributed by atoms with van der Waals surface area (Å²) in [4.78, 5) is 30.0. The van der Waals surface area contributed by atoms with Crippen molar-refractivity contribution in [3.8, 4) is 0 Å². The Labute approximate surface area is 176 Å². The van der Waals surface area contributed by atoms with E-state index in [0.717, 1.165) is 24.1 Å². The van der Waals surface area contributed by atoms with Gasteiger partial charge in [0.15, 0.2) is 5.60 Å². The number of morpholine rings is 1. The van der Waals surface area contributed by atoms with Gasteiger partial charge in [0.05, 0.1) is 13.2 Å². The van der Waals surface area contributed by atoms with Crippen LogP contribution in [-0.2, 0) is 20.7 Å². The van der Waals surface area contributed by atoms with Gasteiger partial charge in [0.2, 0.25) is 5.91 Å². The molecule has 2 aromatic carbocycles. The van der Waals surface area contributed by atoms with Crippen molar-refractivity contribution < 1.29 is 18.7 Å². The lowest BCUT2D eigenvalue weighted by Crippen LogP contribution is -2.61. The highest BCUT2D eigenvalue weighted by Gasteiger charge is 2.48. The van der Waals surface area contributed by atoms with E-state index in [4.69, 9.17) is 4.74 Å². The van der Waals surface area contributed by atoms with E-state index in [2.05, 4.69) is 0 Å². The summed E-state index contributed by atoms with van der Waals surface area (Å²) < 4.78 is 19.5. The first-order chi connectivity index (χ1) is 14.6. The molecule has 2 heterocycles. The fourth-order valence-electron chi connectivity index (χ4n) is 4.37. The second-order valence-corrected chi connectivity index (χ2v) is 8.04. The molecule has 30 heavy (non-hydrogen) atoms. The molecule has 1 atom stereocenters. The van der Waals surface area contributed by atoms with E-state index < -0.39 is 5.60 Å². The predicted octanol–water partition coefficient (Wildman–Crippen LogP) is 3.57. The van der Waals surface area contributed by atoms with Crippen LogP contribution in [0.5, 0.6) is 0 Å². The molecule has 0 aliphatic carbocycles. The summed E-state index contributed by atoms with van der Waals surface area (Å²) >= 11 is 0. The van der Waals surface area contributed by atoms with Crippen molar-refractivity contribution in [1.82, 2.24) is 4.90 Å². The van der Waals surface area contributed by atoms with E-state index in [1.165, 1.54) is 12.1 Å². The average molecular weight is 410 g/mol. The zero-order chi connectivity index (χ0) is 21.0. The molecule has 0 bridgehead atoms. The van der Waals surface area contributed by atoms with Crippen molar-refractivity contribution >= 4 is 17.5 Å². The van der Waals surface area contributed by atoms with E-state index >= 15 is 0 Å². The fraction of sp³-hybridized carbons (Fsp3) is 0.417. The Morgan fingerprint density at radius 1 is 1.07 bits per heavy atom. The maximum Gasteiger partial charge on any atom is 0.261 e. The first-order valence-corrected chi connectivity index (χ1v) is 10.6.